The molecule has 0 aliphatic carbocycles. The van der Waals surface area contributed by atoms with Gasteiger partial charge >= 0.3 is 0 Å². The normalized spacial score (nSPS) is 14.3. The van der Waals surface area contributed by atoms with Crippen LogP contribution in [0.2, 0.25) is 5.02 Å². The summed E-state index contributed by atoms with van der Waals surface area (Å²) < 4.78 is 19.6. The van der Waals surface area contributed by atoms with E-state index in [1.807, 2.05) is 4.90 Å². The van der Waals surface area contributed by atoms with Gasteiger partial charge in [0.25, 0.3) is 5.91 Å². The van der Waals surface area contributed by atoms with Crippen molar-refractivity contribution in [3.05, 3.63) is 52.8 Å². The molecule has 25 heavy (non-hydrogen) atoms. The molecule has 1 amide bonds. The molecular weight excluding hydrogens is 343 g/mol. The van der Waals surface area contributed by atoms with Gasteiger partial charge in [0.1, 0.15) is 11.6 Å². The van der Waals surface area contributed by atoms with Crippen molar-refractivity contribution >= 4 is 28.9 Å². The summed E-state index contributed by atoms with van der Waals surface area (Å²) in [6.45, 7) is 1.73. The second kappa shape index (κ2) is 7.74. The minimum Gasteiger partial charge on any atom is -0.496 e. The van der Waals surface area contributed by atoms with Crippen LogP contribution in [-0.2, 0) is 0 Å². The first kappa shape index (κ1) is 17.5. The summed E-state index contributed by atoms with van der Waals surface area (Å²) in [5.74, 6) is -0.324. The van der Waals surface area contributed by atoms with Crippen molar-refractivity contribution in [3.8, 4) is 5.75 Å². The van der Waals surface area contributed by atoms with Crippen LogP contribution in [-0.4, -0.2) is 26.1 Å². The second-order valence-electron chi connectivity index (χ2n) is 6.01. The maximum absolute atomic E-state index is 14.5. The van der Waals surface area contributed by atoms with E-state index < -0.39 is 5.91 Å². The summed E-state index contributed by atoms with van der Waals surface area (Å²) in [6.07, 6.45) is 3.34. The number of anilines is 2. The Balaban J connectivity index is 1.78. The van der Waals surface area contributed by atoms with E-state index >= 15 is 0 Å². The number of nitrogens with zero attached hydrogens (tertiary/aromatic N) is 1. The summed E-state index contributed by atoms with van der Waals surface area (Å²) in [5.41, 5.74) is 1.28. The molecule has 0 spiro atoms. The Morgan fingerprint density at radius 3 is 2.60 bits per heavy atom. The number of benzene rings is 2. The number of carbonyl (C=O) groups is 1. The van der Waals surface area contributed by atoms with Crippen LogP contribution in [0.25, 0.3) is 0 Å². The van der Waals surface area contributed by atoms with Crippen LogP contribution < -0.4 is 15.0 Å². The first-order chi connectivity index (χ1) is 12.1. The SMILES string of the molecule is COc1ccc(Cl)cc1C(=O)Nc1ccc(N2CCCCC2)c(F)c1. The topological polar surface area (TPSA) is 41.6 Å². The lowest BCUT2D eigenvalue weighted by molar-refractivity contribution is 0.102. The van der Waals surface area contributed by atoms with Crippen LogP contribution in [0.5, 0.6) is 5.75 Å². The zero-order chi connectivity index (χ0) is 17.8. The van der Waals surface area contributed by atoms with E-state index in [2.05, 4.69) is 5.32 Å². The molecule has 4 nitrogen and oxygen atoms in total. The lowest BCUT2D eigenvalue weighted by atomic mass is 10.1. The molecule has 1 fully saturated rings. The zero-order valence-electron chi connectivity index (χ0n) is 14.0. The summed E-state index contributed by atoms with van der Waals surface area (Å²) in [7, 11) is 1.48. The van der Waals surface area contributed by atoms with E-state index in [1.165, 1.54) is 25.7 Å². The fourth-order valence-corrected chi connectivity index (χ4v) is 3.20. The largest absolute Gasteiger partial charge is 0.496 e. The third-order valence-corrected chi connectivity index (χ3v) is 4.54. The molecule has 1 aliphatic heterocycles. The van der Waals surface area contributed by atoms with E-state index in [9.17, 15) is 9.18 Å². The van der Waals surface area contributed by atoms with Gasteiger partial charge in [-0.3, -0.25) is 4.79 Å². The molecule has 0 aromatic heterocycles. The molecule has 0 saturated carbocycles. The summed E-state index contributed by atoms with van der Waals surface area (Å²) >= 11 is 5.95. The monoisotopic (exact) mass is 362 g/mol. The van der Waals surface area contributed by atoms with Crippen LogP contribution in [0.1, 0.15) is 29.6 Å². The molecule has 1 heterocycles. The molecule has 6 heteroatoms. The van der Waals surface area contributed by atoms with Crippen molar-refractivity contribution in [2.75, 3.05) is 30.4 Å². The predicted octanol–water partition coefficient (Wildman–Crippen LogP) is 4.73. The number of nitrogens with one attached hydrogen (secondary N) is 1. The van der Waals surface area contributed by atoms with Crippen molar-refractivity contribution in [2.24, 2.45) is 0 Å². The van der Waals surface area contributed by atoms with Gasteiger partial charge in [0, 0.05) is 23.8 Å². The number of ether oxygens (including phenoxy) is 1. The molecule has 0 unspecified atom stereocenters. The first-order valence-corrected chi connectivity index (χ1v) is 8.65. The minimum atomic E-state index is -0.399. The molecule has 1 saturated heterocycles. The van der Waals surface area contributed by atoms with Crippen molar-refractivity contribution < 1.29 is 13.9 Å². The highest BCUT2D eigenvalue weighted by molar-refractivity contribution is 6.31. The third-order valence-electron chi connectivity index (χ3n) is 4.31. The average Bonchev–Trinajstić information content (AvgIpc) is 2.62. The Bertz CT molecular complexity index is 776. The number of hydrogen-bond donors (Lipinski definition) is 1. The van der Waals surface area contributed by atoms with E-state index in [4.69, 9.17) is 16.3 Å². The molecular formula is C19H20ClFN2O2. The van der Waals surface area contributed by atoms with Gasteiger partial charge in [-0.05, 0) is 55.7 Å². The average molecular weight is 363 g/mol. The Morgan fingerprint density at radius 1 is 1.16 bits per heavy atom. The smallest absolute Gasteiger partial charge is 0.259 e. The molecule has 132 valence electrons. The minimum absolute atomic E-state index is 0.301. The number of halogens is 2. The summed E-state index contributed by atoms with van der Waals surface area (Å²) in [4.78, 5) is 14.5. The maximum Gasteiger partial charge on any atom is 0.259 e. The summed E-state index contributed by atoms with van der Waals surface area (Å²) in [5, 5.41) is 3.12. The van der Waals surface area contributed by atoms with E-state index in [1.54, 1.807) is 24.3 Å². The zero-order valence-corrected chi connectivity index (χ0v) is 14.8. The van der Waals surface area contributed by atoms with E-state index in [-0.39, 0.29) is 5.82 Å². The third kappa shape index (κ3) is 4.04. The highest BCUT2D eigenvalue weighted by Gasteiger charge is 2.17. The van der Waals surface area contributed by atoms with E-state index in [0.29, 0.717) is 27.7 Å². The van der Waals surface area contributed by atoms with Crippen molar-refractivity contribution in [1.82, 2.24) is 0 Å². The maximum atomic E-state index is 14.5. The lowest BCUT2D eigenvalue weighted by Gasteiger charge is -2.29. The Morgan fingerprint density at radius 2 is 1.92 bits per heavy atom. The predicted molar refractivity (Wildman–Crippen MR) is 98.4 cm³/mol. The van der Waals surface area contributed by atoms with Crippen LogP contribution >= 0.6 is 11.6 Å². The van der Waals surface area contributed by atoms with Gasteiger partial charge in [-0.2, -0.15) is 0 Å². The fraction of sp³-hybridized carbons (Fsp3) is 0.316. The molecule has 1 aliphatic rings. The quantitative estimate of drug-likeness (QED) is 0.854. The van der Waals surface area contributed by atoms with Gasteiger partial charge in [0.15, 0.2) is 0 Å². The van der Waals surface area contributed by atoms with E-state index in [0.717, 1.165) is 25.9 Å². The molecule has 2 aromatic rings. The summed E-state index contributed by atoms with van der Waals surface area (Å²) in [6, 6.07) is 9.56. The number of hydrogen-bond acceptors (Lipinski definition) is 3. The van der Waals surface area contributed by atoms with Gasteiger partial charge < -0.3 is 15.0 Å². The lowest BCUT2D eigenvalue weighted by Crippen LogP contribution is -2.30. The Labute approximate surface area is 151 Å². The van der Waals surface area contributed by atoms with Crippen LogP contribution in [0.3, 0.4) is 0 Å². The number of amides is 1. The van der Waals surface area contributed by atoms with Crippen LogP contribution in [0.4, 0.5) is 15.8 Å². The second-order valence-corrected chi connectivity index (χ2v) is 6.45. The number of rotatable bonds is 4. The van der Waals surface area contributed by atoms with Gasteiger partial charge in [-0.1, -0.05) is 11.6 Å². The number of piperidine rings is 1. The number of methoxy groups -OCH3 is 1. The van der Waals surface area contributed by atoms with Crippen LogP contribution in [0, 0.1) is 5.82 Å². The Hall–Kier alpha value is -2.27. The highest BCUT2D eigenvalue weighted by atomic mass is 35.5. The standard InChI is InChI=1S/C19H20ClFN2O2/c1-25-18-8-5-13(20)11-15(18)19(24)22-14-6-7-17(16(21)12-14)23-9-3-2-4-10-23/h5-8,11-12H,2-4,9-10H2,1H3,(H,22,24). The van der Waals surface area contributed by atoms with Crippen LogP contribution in [0.15, 0.2) is 36.4 Å². The van der Waals surface area contributed by atoms with Crippen molar-refractivity contribution in [3.63, 3.8) is 0 Å². The van der Waals surface area contributed by atoms with Crippen molar-refractivity contribution in [2.45, 2.75) is 19.3 Å². The Kier molecular flexibility index (Phi) is 5.43. The first-order valence-electron chi connectivity index (χ1n) is 8.28. The molecule has 3 rings (SSSR count). The molecule has 0 atom stereocenters. The van der Waals surface area contributed by atoms with Gasteiger partial charge in [-0.25, -0.2) is 4.39 Å². The van der Waals surface area contributed by atoms with Gasteiger partial charge in [0.05, 0.1) is 18.4 Å². The van der Waals surface area contributed by atoms with Gasteiger partial charge in [-0.15, -0.1) is 0 Å². The van der Waals surface area contributed by atoms with Gasteiger partial charge in [0.2, 0.25) is 0 Å². The molecule has 0 bridgehead atoms. The molecule has 1 N–H and O–H groups in total. The molecule has 0 radical (unpaired) electrons. The number of carbonyl (C=O) groups excluding carboxylic acids is 1. The van der Waals surface area contributed by atoms with Crippen molar-refractivity contribution in [1.29, 1.82) is 0 Å². The molecule has 2 aromatic carbocycles. The fourth-order valence-electron chi connectivity index (χ4n) is 3.03. The highest BCUT2D eigenvalue weighted by Crippen LogP contribution is 2.27.